The van der Waals surface area contributed by atoms with E-state index in [2.05, 4.69) is 11.2 Å². The second-order valence-corrected chi connectivity index (χ2v) is 4.88. The molecule has 0 saturated heterocycles. The highest BCUT2D eigenvalue weighted by Gasteiger charge is 2.17. The Bertz CT molecular complexity index is 677. The molecule has 0 aliphatic heterocycles. The van der Waals surface area contributed by atoms with E-state index in [4.69, 9.17) is 11.2 Å². The predicted octanol–water partition coefficient (Wildman–Crippen LogP) is 2.80. The maximum absolute atomic E-state index is 13.6. The Kier molecular flexibility index (Phi) is 6.10. The number of halogens is 2. The summed E-state index contributed by atoms with van der Waals surface area (Å²) in [6.45, 7) is 0.523. The molecule has 1 atom stereocenters. The molecule has 0 fully saturated rings. The number of aliphatic hydroxyl groups excluding tert-OH is 1. The number of terminal acetylenes is 1. The van der Waals surface area contributed by atoms with Gasteiger partial charge >= 0.3 is 0 Å². The van der Waals surface area contributed by atoms with Crippen LogP contribution in [0.25, 0.3) is 0 Å². The zero-order chi connectivity index (χ0) is 16.7. The molecule has 2 N–H and O–H groups in total. The first-order valence-corrected chi connectivity index (χ1v) is 7.10. The Hall–Kier alpha value is -2.42. The molecule has 0 aliphatic rings. The van der Waals surface area contributed by atoms with Gasteiger partial charge in [-0.2, -0.15) is 0 Å². The lowest BCUT2D eigenvalue weighted by molar-refractivity contribution is 0.164. The van der Waals surface area contributed by atoms with Crippen molar-refractivity contribution in [3.8, 4) is 18.1 Å². The van der Waals surface area contributed by atoms with E-state index in [1.807, 2.05) is 18.2 Å². The van der Waals surface area contributed by atoms with Gasteiger partial charge < -0.3 is 15.2 Å². The maximum Gasteiger partial charge on any atom is 0.148 e. The van der Waals surface area contributed by atoms with Crippen molar-refractivity contribution in [2.24, 2.45) is 0 Å². The summed E-state index contributed by atoms with van der Waals surface area (Å²) in [6, 6.07) is 10.8. The average Bonchev–Trinajstić information content (AvgIpc) is 2.54. The summed E-state index contributed by atoms with van der Waals surface area (Å²) in [6.07, 6.45) is 3.88. The second-order valence-electron chi connectivity index (χ2n) is 4.88. The number of hydrogen-bond acceptors (Lipinski definition) is 3. The number of aliphatic hydroxyl groups is 1. The van der Waals surface area contributed by atoms with Gasteiger partial charge in [-0.25, -0.2) is 8.78 Å². The SMILES string of the molecule is C#CCOc1ccccc1CNCC(O)c1c(F)cccc1F. The van der Waals surface area contributed by atoms with Crippen molar-refractivity contribution in [2.75, 3.05) is 13.2 Å². The number of hydrogen-bond donors (Lipinski definition) is 2. The summed E-state index contributed by atoms with van der Waals surface area (Å²) in [5.74, 6) is 1.48. The first kappa shape index (κ1) is 16.9. The Balaban J connectivity index is 1.96. The van der Waals surface area contributed by atoms with E-state index in [-0.39, 0.29) is 18.7 Å². The Morgan fingerprint density at radius 3 is 2.52 bits per heavy atom. The fourth-order valence-corrected chi connectivity index (χ4v) is 2.18. The summed E-state index contributed by atoms with van der Waals surface area (Å²) in [5.41, 5.74) is 0.501. The summed E-state index contributed by atoms with van der Waals surface area (Å²) in [4.78, 5) is 0. The highest BCUT2D eigenvalue weighted by Crippen LogP contribution is 2.21. The number of ether oxygens (including phenoxy) is 1. The molecule has 3 nitrogen and oxygen atoms in total. The summed E-state index contributed by atoms with van der Waals surface area (Å²) in [7, 11) is 0. The third-order valence-electron chi connectivity index (χ3n) is 3.27. The number of para-hydroxylation sites is 1. The zero-order valence-electron chi connectivity index (χ0n) is 12.4. The van der Waals surface area contributed by atoms with Crippen LogP contribution in [-0.4, -0.2) is 18.3 Å². The van der Waals surface area contributed by atoms with Crippen LogP contribution in [0.4, 0.5) is 8.78 Å². The standard InChI is InChI=1S/C18H17F2NO2/c1-2-10-23-17-9-4-3-6-13(17)11-21-12-16(22)18-14(19)7-5-8-15(18)20/h1,3-9,16,21-22H,10-12H2. The lowest BCUT2D eigenvalue weighted by atomic mass is 10.1. The van der Waals surface area contributed by atoms with Crippen molar-refractivity contribution >= 4 is 0 Å². The van der Waals surface area contributed by atoms with Gasteiger partial charge in [0.05, 0.1) is 11.7 Å². The van der Waals surface area contributed by atoms with Crippen LogP contribution < -0.4 is 10.1 Å². The first-order valence-electron chi connectivity index (χ1n) is 7.10. The lowest BCUT2D eigenvalue weighted by Gasteiger charge is -2.15. The average molecular weight is 317 g/mol. The predicted molar refractivity (Wildman–Crippen MR) is 83.8 cm³/mol. The molecule has 5 heteroatoms. The third kappa shape index (κ3) is 4.52. The number of rotatable bonds is 7. The van der Waals surface area contributed by atoms with Crippen LogP contribution in [0.2, 0.25) is 0 Å². The highest BCUT2D eigenvalue weighted by molar-refractivity contribution is 5.33. The molecule has 23 heavy (non-hydrogen) atoms. The third-order valence-corrected chi connectivity index (χ3v) is 3.27. The van der Waals surface area contributed by atoms with Crippen LogP contribution in [0.5, 0.6) is 5.75 Å². The number of benzene rings is 2. The Morgan fingerprint density at radius 2 is 1.83 bits per heavy atom. The van der Waals surface area contributed by atoms with Crippen molar-refractivity contribution in [3.05, 3.63) is 65.2 Å². The Labute approximate surface area is 133 Å². The molecule has 120 valence electrons. The minimum atomic E-state index is -1.28. The normalized spacial score (nSPS) is 11.7. The van der Waals surface area contributed by atoms with Crippen molar-refractivity contribution in [2.45, 2.75) is 12.6 Å². The van der Waals surface area contributed by atoms with Crippen molar-refractivity contribution in [3.63, 3.8) is 0 Å². The molecule has 0 bridgehead atoms. The minimum Gasteiger partial charge on any atom is -0.481 e. The van der Waals surface area contributed by atoms with Gasteiger partial charge in [-0.3, -0.25) is 0 Å². The van der Waals surface area contributed by atoms with Crippen LogP contribution in [0, 0.1) is 24.0 Å². The fourth-order valence-electron chi connectivity index (χ4n) is 2.18. The maximum atomic E-state index is 13.6. The molecule has 0 aromatic heterocycles. The number of nitrogens with one attached hydrogen (secondary N) is 1. The molecule has 2 aromatic carbocycles. The molecule has 0 spiro atoms. The van der Waals surface area contributed by atoms with Crippen LogP contribution in [0.3, 0.4) is 0 Å². The van der Waals surface area contributed by atoms with Gasteiger partial charge in [0.15, 0.2) is 0 Å². The van der Waals surface area contributed by atoms with E-state index in [0.29, 0.717) is 12.3 Å². The van der Waals surface area contributed by atoms with Crippen LogP contribution in [0.15, 0.2) is 42.5 Å². The van der Waals surface area contributed by atoms with Crippen molar-refractivity contribution in [1.82, 2.24) is 5.32 Å². The van der Waals surface area contributed by atoms with Crippen LogP contribution >= 0.6 is 0 Å². The van der Waals surface area contributed by atoms with E-state index < -0.39 is 17.7 Å². The summed E-state index contributed by atoms with van der Waals surface area (Å²) in [5, 5.41) is 12.9. The van der Waals surface area contributed by atoms with Gasteiger partial charge in [0.2, 0.25) is 0 Å². The van der Waals surface area contributed by atoms with E-state index in [9.17, 15) is 13.9 Å². The minimum absolute atomic E-state index is 0.00132. The molecule has 0 amide bonds. The lowest BCUT2D eigenvalue weighted by Crippen LogP contribution is -2.22. The molecule has 1 unspecified atom stereocenters. The van der Waals surface area contributed by atoms with Crippen LogP contribution in [-0.2, 0) is 6.54 Å². The van der Waals surface area contributed by atoms with Gasteiger partial charge in [0, 0.05) is 18.7 Å². The molecular formula is C18H17F2NO2. The van der Waals surface area contributed by atoms with E-state index in [0.717, 1.165) is 17.7 Å². The van der Waals surface area contributed by atoms with E-state index in [1.165, 1.54) is 6.07 Å². The van der Waals surface area contributed by atoms with Crippen LogP contribution in [0.1, 0.15) is 17.2 Å². The second kappa shape index (κ2) is 8.28. The first-order chi connectivity index (χ1) is 11.1. The smallest absolute Gasteiger partial charge is 0.148 e. The van der Waals surface area contributed by atoms with Gasteiger partial charge in [0.1, 0.15) is 24.0 Å². The topological polar surface area (TPSA) is 41.5 Å². The molecule has 0 heterocycles. The van der Waals surface area contributed by atoms with E-state index in [1.54, 1.807) is 6.07 Å². The molecule has 0 radical (unpaired) electrons. The van der Waals surface area contributed by atoms with Gasteiger partial charge in [-0.1, -0.05) is 30.2 Å². The Morgan fingerprint density at radius 1 is 1.13 bits per heavy atom. The summed E-state index contributed by atoms with van der Waals surface area (Å²) >= 11 is 0. The van der Waals surface area contributed by atoms with E-state index >= 15 is 0 Å². The van der Waals surface area contributed by atoms with Crippen molar-refractivity contribution < 1.29 is 18.6 Å². The largest absolute Gasteiger partial charge is 0.481 e. The monoisotopic (exact) mass is 317 g/mol. The molecule has 2 aromatic rings. The quantitative estimate of drug-likeness (QED) is 0.772. The molecule has 0 aliphatic carbocycles. The fraction of sp³-hybridized carbons (Fsp3) is 0.222. The van der Waals surface area contributed by atoms with Crippen molar-refractivity contribution in [1.29, 1.82) is 0 Å². The van der Waals surface area contributed by atoms with Gasteiger partial charge in [0.25, 0.3) is 0 Å². The zero-order valence-corrected chi connectivity index (χ0v) is 12.4. The van der Waals surface area contributed by atoms with Gasteiger partial charge in [-0.15, -0.1) is 6.42 Å². The molecular weight excluding hydrogens is 300 g/mol. The highest BCUT2D eigenvalue weighted by atomic mass is 19.1. The molecule has 0 saturated carbocycles. The summed E-state index contributed by atoms with van der Waals surface area (Å²) < 4.78 is 32.6. The molecule has 2 rings (SSSR count). The van der Waals surface area contributed by atoms with Gasteiger partial charge in [-0.05, 0) is 18.2 Å².